The third kappa shape index (κ3) is 3.15. The van der Waals surface area contributed by atoms with Crippen LogP contribution in [0.25, 0.3) is 0 Å². The summed E-state index contributed by atoms with van der Waals surface area (Å²) in [5.41, 5.74) is 5.59. The van der Waals surface area contributed by atoms with E-state index in [4.69, 9.17) is 5.73 Å². The number of nitrogens with zero attached hydrogens (tertiary/aromatic N) is 2. The van der Waals surface area contributed by atoms with Gasteiger partial charge in [-0.05, 0) is 25.3 Å². The van der Waals surface area contributed by atoms with Gasteiger partial charge in [0.25, 0.3) is 0 Å². The van der Waals surface area contributed by atoms with Crippen LogP contribution in [-0.4, -0.2) is 27.4 Å². The molecule has 0 fully saturated rings. The van der Waals surface area contributed by atoms with Crippen molar-refractivity contribution in [3.63, 3.8) is 0 Å². The van der Waals surface area contributed by atoms with Crippen molar-refractivity contribution in [2.45, 2.75) is 46.6 Å². The van der Waals surface area contributed by atoms with Crippen molar-refractivity contribution in [2.75, 3.05) is 6.54 Å². The van der Waals surface area contributed by atoms with Crippen LogP contribution < -0.4 is 5.73 Å². The van der Waals surface area contributed by atoms with Crippen LogP contribution in [0.3, 0.4) is 0 Å². The molecular weight excluding hydrogens is 242 g/mol. The smallest absolute Gasteiger partial charge is 0.311 e. The molecule has 5 nitrogen and oxygen atoms in total. The van der Waals surface area contributed by atoms with Gasteiger partial charge in [0, 0.05) is 25.2 Å². The molecule has 3 N–H and O–H groups in total. The number of carboxylic acid groups (broad SMARTS) is 1. The van der Waals surface area contributed by atoms with Crippen molar-refractivity contribution < 1.29 is 9.90 Å². The Labute approximate surface area is 114 Å². The molecule has 0 amide bonds. The quantitative estimate of drug-likeness (QED) is 0.792. The summed E-state index contributed by atoms with van der Waals surface area (Å²) in [6.45, 7) is 8.10. The lowest BCUT2D eigenvalue weighted by atomic mass is 9.74. The van der Waals surface area contributed by atoms with Crippen LogP contribution in [0.5, 0.6) is 0 Å². The highest BCUT2D eigenvalue weighted by atomic mass is 16.4. The maximum absolute atomic E-state index is 11.6. The second kappa shape index (κ2) is 6.19. The van der Waals surface area contributed by atoms with Gasteiger partial charge in [-0.25, -0.2) is 0 Å². The second-order valence-electron chi connectivity index (χ2n) is 5.54. The van der Waals surface area contributed by atoms with E-state index in [-0.39, 0.29) is 12.5 Å². The van der Waals surface area contributed by atoms with E-state index in [1.165, 1.54) is 0 Å². The van der Waals surface area contributed by atoms with Crippen molar-refractivity contribution in [3.05, 3.63) is 18.0 Å². The van der Waals surface area contributed by atoms with Gasteiger partial charge in [0.15, 0.2) is 0 Å². The Morgan fingerprint density at radius 3 is 2.58 bits per heavy atom. The number of aromatic nitrogens is 2. The standard InChI is InChI=1S/C14H25N3O2/c1-5-11(4)17-7-6-12(16-17)8-14(9-15,10(2)3)13(18)19/h6-7,10-11H,5,8-9,15H2,1-4H3,(H,18,19). The summed E-state index contributed by atoms with van der Waals surface area (Å²) < 4.78 is 1.89. The molecule has 1 rings (SSSR count). The van der Waals surface area contributed by atoms with Crippen molar-refractivity contribution in [1.82, 2.24) is 9.78 Å². The van der Waals surface area contributed by atoms with E-state index in [9.17, 15) is 9.90 Å². The van der Waals surface area contributed by atoms with E-state index in [1.807, 2.05) is 30.8 Å². The molecule has 0 saturated carbocycles. The maximum atomic E-state index is 11.6. The molecule has 0 bridgehead atoms. The summed E-state index contributed by atoms with van der Waals surface area (Å²) in [5, 5.41) is 14.0. The Kier molecular flexibility index (Phi) is 5.11. The van der Waals surface area contributed by atoms with Crippen molar-refractivity contribution >= 4 is 5.97 Å². The number of hydrogen-bond donors (Lipinski definition) is 2. The Hall–Kier alpha value is -1.36. The predicted octanol–water partition coefficient (Wildman–Crippen LogP) is 2.08. The maximum Gasteiger partial charge on any atom is 0.311 e. The van der Waals surface area contributed by atoms with Gasteiger partial charge in [0.2, 0.25) is 0 Å². The molecule has 2 atom stereocenters. The van der Waals surface area contributed by atoms with E-state index in [2.05, 4.69) is 18.9 Å². The molecule has 2 unspecified atom stereocenters. The molecule has 0 radical (unpaired) electrons. The lowest BCUT2D eigenvalue weighted by molar-refractivity contribution is -0.151. The molecule has 1 aromatic heterocycles. The van der Waals surface area contributed by atoms with Crippen LogP contribution in [-0.2, 0) is 11.2 Å². The van der Waals surface area contributed by atoms with Crippen LogP contribution in [0.2, 0.25) is 0 Å². The minimum atomic E-state index is -0.936. The van der Waals surface area contributed by atoms with Gasteiger partial charge in [-0.15, -0.1) is 0 Å². The van der Waals surface area contributed by atoms with Crippen molar-refractivity contribution in [2.24, 2.45) is 17.1 Å². The molecule has 0 spiro atoms. The van der Waals surface area contributed by atoms with Gasteiger partial charge in [-0.2, -0.15) is 5.10 Å². The highest BCUT2D eigenvalue weighted by Crippen LogP contribution is 2.31. The average molecular weight is 267 g/mol. The minimum absolute atomic E-state index is 0.0382. The van der Waals surface area contributed by atoms with E-state index in [0.717, 1.165) is 12.1 Å². The summed E-state index contributed by atoms with van der Waals surface area (Å²) in [6.07, 6.45) is 3.28. The zero-order valence-corrected chi connectivity index (χ0v) is 12.3. The highest BCUT2D eigenvalue weighted by molar-refractivity contribution is 5.75. The zero-order chi connectivity index (χ0) is 14.6. The summed E-state index contributed by atoms with van der Waals surface area (Å²) in [5.74, 6) is -0.883. The monoisotopic (exact) mass is 267 g/mol. The molecule has 108 valence electrons. The first-order valence-electron chi connectivity index (χ1n) is 6.84. The van der Waals surface area contributed by atoms with Crippen LogP contribution in [0.4, 0.5) is 0 Å². The zero-order valence-electron chi connectivity index (χ0n) is 12.3. The van der Waals surface area contributed by atoms with Gasteiger partial charge >= 0.3 is 5.97 Å². The first-order chi connectivity index (χ1) is 8.87. The van der Waals surface area contributed by atoms with Crippen LogP contribution in [0.15, 0.2) is 12.3 Å². The Bertz CT molecular complexity index is 428. The normalized spacial score (nSPS) is 16.3. The lowest BCUT2D eigenvalue weighted by Crippen LogP contribution is -2.45. The fraction of sp³-hybridized carbons (Fsp3) is 0.714. The van der Waals surface area contributed by atoms with Gasteiger partial charge < -0.3 is 10.8 Å². The van der Waals surface area contributed by atoms with E-state index >= 15 is 0 Å². The van der Waals surface area contributed by atoms with Crippen molar-refractivity contribution in [1.29, 1.82) is 0 Å². The summed E-state index contributed by atoms with van der Waals surface area (Å²) in [7, 11) is 0. The van der Waals surface area contributed by atoms with E-state index < -0.39 is 11.4 Å². The van der Waals surface area contributed by atoms with E-state index in [1.54, 1.807) is 0 Å². The minimum Gasteiger partial charge on any atom is -0.481 e. The topological polar surface area (TPSA) is 81.1 Å². The fourth-order valence-electron chi connectivity index (χ4n) is 2.15. The Morgan fingerprint density at radius 1 is 1.53 bits per heavy atom. The molecule has 1 aromatic rings. The number of carboxylic acids is 1. The highest BCUT2D eigenvalue weighted by Gasteiger charge is 2.41. The van der Waals surface area contributed by atoms with Gasteiger partial charge in [-0.3, -0.25) is 9.48 Å². The number of rotatable bonds is 7. The third-order valence-electron chi connectivity index (χ3n) is 4.10. The summed E-state index contributed by atoms with van der Waals surface area (Å²) in [6, 6.07) is 2.21. The summed E-state index contributed by atoms with van der Waals surface area (Å²) >= 11 is 0. The third-order valence-corrected chi connectivity index (χ3v) is 4.10. The number of carbonyl (C=O) groups is 1. The molecule has 1 heterocycles. The van der Waals surface area contributed by atoms with Crippen molar-refractivity contribution in [3.8, 4) is 0 Å². The number of aliphatic carboxylic acids is 1. The van der Waals surface area contributed by atoms with E-state index in [0.29, 0.717) is 12.5 Å². The molecule has 0 aliphatic carbocycles. The molecule has 19 heavy (non-hydrogen) atoms. The van der Waals surface area contributed by atoms with Crippen LogP contribution in [0.1, 0.15) is 45.9 Å². The molecular formula is C14H25N3O2. The van der Waals surface area contributed by atoms with Crippen LogP contribution >= 0.6 is 0 Å². The molecule has 0 aliphatic rings. The van der Waals surface area contributed by atoms with Gasteiger partial charge in [0.05, 0.1) is 11.1 Å². The molecule has 5 heteroatoms. The first kappa shape index (κ1) is 15.7. The Balaban J connectivity index is 2.97. The van der Waals surface area contributed by atoms with Gasteiger partial charge in [0.1, 0.15) is 0 Å². The summed E-state index contributed by atoms with van der Waals surface area (Å²) in [4.78, 5) is 11.6. The first-order valence-corrected chi connectivity index (χ1v) is 6.84. The van der Waals surface area contributed by atoms with Gasteiger partial charge in [-0.1, -0.05) is 20.8 Å². The fourth-order valence-corrected chi connectivity index (χ4v) is 2.15. The average Bonchev–Trinajstić information content (AvgIpc) is 2.82. The number of hydrogen-bond acceptors (Lipinski definition) is 3. The number of nitrogens with two attached hydrogens (primary N) is 1. The van der Waals surface area contributed by atoms with Crippen LogP contribution in [0, 0.1) is 11.3 Å². The Morgan fingerprint density at radius 2 is 2.16 bits per heavy atom. The molecule has 0 saturated heterocycles. The predicted molar refractivity (Wildman–Crippen MR) is 74.9 cm³/mol. The molecule has 0 aromatic carbocycles. The lowest BCUT2D eigenvalue weighted by Gasteiger charge is -2.31. The SMILES string of the molecule is CCC(C)n1ccc(CC(CN)(C(=O)O)C(C)C)n1. The largest absolute Gasteiger partial charge is 0.481 e. The molecule has 0 aliphatic heterocycles. The second-order valence-corrected chi connectivity index (χ2v) is 5.54.